The Hall–Kier alpha value is -1.39. The number of halogens is 1. The molecule has 106 valence electrons. The summed E-state index contributed by atoms with van der Waals surface area (Å²) < 4.78 is 0. The van der Waals surface area contributed by atoms with Gasteiger partial charge in [0.05, 0.1) is 11.2 Å². The van der Waals surface area contributed by atoms with E-state index in [-0.39, 0.29) is 17.0 Å². The molecule has 0 aliphatic carbocycles. The molecule has 0 unspecified atom stereocenters. The smallest absolute Gasteiger partial charge is 0.279 e. The predicted molar refractivity (Wildman–Crippen MR) is 79.8 cm³/mol. The van der Waals surface area contributed by atoms with Crippen LogP contribution >= 0.6 is 11.6 Å². The number of hydrazone groups is 1. The molecule has 4 nitrogen and oxygen atoms in total. The molecule has 1 N–H and O–H groups in total. The first-order valence-corrected chi connectivity index (χ1v) is 6.28. The van der Waals surface area contributed by atoms with E-state index < -0.39 is 11.5 Å². The van der Waals surface area contributed by atoms with Gasteiger partial charge >= 0.3 is 0 Å². The molecule has 0 radical (unpaired) electrons. The van der Waals surface area contributed by atoms with Gasteiger partial charge in [-0.25, -0.2) is 5.01 Å². The molecular formula is C14H21ClN2O2. The van der Waals surface area contributed by atoms with Gasteiger partial charge in [0.1, 0.15) is 0 Å². The first kappa shape index (κ1) is 17.6. The summed E-state index contributed by atoms with van der Waals surface area (Å²) in [6.45, 7) is 15.8. The van der Waals surface area contributed by atoms with E-state index in [2.05, 4.69) is 25.0 Å². The van der Waals surface area contributed by atoms with Crippen molar-refractivity contribution in [2.45, 2.75) is 39.2 Å². The summed E-state index contributed by atoms with van der Waals surface area (Å²) in [6.07, 6.45) is 2.55. The second-order valence-electron chi connectivity index (χ2n) is 4.75. The van der Waals surface area contributed by atoms with Crippen LogP contribution in [0.2, 0.25) is 0 Å². The maximum atomic E-state index is 12.1. The van der Waals surface area contributed by atoms with Crippen LogP contribution in [0.3, 0.4) is 0 Å². The second kappa shape index (κ2) is 7.26. The number of aliphatic hydroxyl groups is 1. The van der Waals surface area contributed by atoms with Gasteiger partial charge in [-0.3, -0.25) is 4.79 Å². The lowest BCUT2D eigenvalue weighted by atomic mass is 10.0. The highest BCUT2D eigenvalue weighted by Gasteiger charge is 2.24. The lowest BCUT2D eigenvalue weighted by Gasteiger charge is -2.25. The Morgan fingerprint density at radius 1 is 1.47 bits per heavy atom. The number of carbonyl (C=O) groups excluding carboxylic acids is 1. The van der Waals surface area contributed by atoms with Gasteiger partial charge in [-0.2, -0.15) is 5.10 Å². The van der Waals surface area contributed by atoms with Gasteiger partial charge < -0.3 is 5.11 Å². The fourth-order valence-electron chi connectivity index (χ4n) is 1.41. The van der Waals surface area contributed by atoms with Crippen LogP contribution in [0.25, 0.3) is 0 Å². The topological polar surface area (TPSA) is 52.9 Å². The van der Waals surface area contributed by atoms with Gasteiger partial charge in [0.2, 0.25) is 0 Å². The molecule has 0 bridgehead atoms. The Kier molecular flexibility index (Phi) is 6.73. The highest BCUT2D eigenvalue weighted by atomic mass is 35.5. The van der Waals surface area contributed by atoms with E-state index in [4.69, 9.17) is 11.6 Å². The van der Waals surface area contributed by atoms with Crippen molar-refractivity contribution < 1.29 is 9.90 Å². The molecule has 0 fully saturated rings. The Balaban J connectivity index is 5.02. The minimum Gasteiger partial charge on any atom is -0.390 e. The van der Waals surface area contributed by atoms with Crippen LogP contribution in [0.15, 0.2) is 40.6 Å². The molecule has 0 aromatic heterocycles. The number of hydrogen-bond donors (Lipinski definition) is 1. The standard InChI is InChI=1S/C14H21ClN2O2/c1-7-8-12(15)11(3)13(18)17(16-6)10(2)9-14(4,5)19/h8,19H,2-3,6-7,9H2,1,4-5H3/b12-8+. The Morgan fingerprint density at radius 2 is 2.00 bits per heavy atom. The zero-order chi connectivity index (χ0) is 15.2. The third-order valence-electron chi connectivity index (χ3n) is 2.20. The van der Waals surface area contributed by atoms with Gasteiger partial charge in [-0.15, -0.1) is 0 Å². The minimum absolute atomic E-state index is 0.118. The third kappa shape index (κ3) is 5.85. The van der Waals surface area contributed by atoms with Crippen LogP contribution in [0.4, 0.5) is 0 Å². The summed E-state index contributed by atoms with van der Waals surface area (Å²) in [6, 6.07) is 0. The molecular weight excluding hydrogens is 264 g/mol. The molecule has 0 rings (SSSR count). The summed E-state index contributed by atoms with van der Waals surface area (Å²) in [7, 11) is 0. The SMILES string of the molecule is C=NN(C(=C)CC(C)(C)O)C(=O)C(=C)/C(Cl)=C\CC. The highest BCUT2D eigenvalue weighted by Crippen LogP contribution is 2.22. The summed E-state index contributed by atoms with van der Waals surface area (Å²) >= 11 is 5.94. The molecule has 1 amide bonds. The average Bonchev–Trinajstić information content (AvgIpc) is 2.26. The van der Waals surface area contributed by atoms with Gasteiger partial charge in [0, 0.05) is 23.9 Å². The van der Waals surface area contributed by atoms with Crippen LogP contribution < -0.4 is 0 Å². The Labute approximate surface area is 119 Å². The number of allylic oxidation sites excluding steroid dienone is 1. The first-order chi connectivity index (χ1) is 8.64. The Morgan fingerprint density at radius 3 is 2.37 bits per heavy atom. The zero-order valence-electron chi connectivity index (χ0n) is 11.7. The third-order valence-corrected chi connectivity index (χ3v) is 2.58. The average molecular weight is 285 g/mol. The van der Waals surface area contributed by atoms with Gasteiger partial charge in [-0.1, -0.05) is 37.8 Å². The van der Waals surface area contributed by atoms with E-state index in [0.717, 1.165) is 5.01 Å². The molecule has 0 spiro atoms. The first-order valence-electron chi connectivity index (χ1n) is 5.90. The molecule has 0 atom stereocenters. The maximum Gasteiger partial charge on any atom is 0.279 e. The fraction of sp³-hybridized carbons (Fsp3) is 0.429. The van der Waals surface area contributed by atoms with Crippen LogP contribution in [-0.4, -0.2) is 28.3 Å². The zero-order valence-corrected chi connectivity index (χ0v) is 12.5. The molecule has 0 aromatic rings. The predicted octanol–water partition coefficient (Wildman–Crippen LogP) is 3.19. The van der Waals surface area contributed by atoms with E-state index >= 15 is 0 Å². The normalized spacial score (nSPS) is 11.9. The molecule has 0 saturated heterocycles. The largest absolute Gasteiger partial charge is 0.390 e. The molecule has 0 saturated carbocycles. The molecule has 5 heteroatoms. The lowest BCUT2D eigenvalue weighted by molar-refractivity contribution is -0.125. The summed E-state index contributed by atoms with van der Waals surface area (Å²) in [4.78, 5) is 12.1. The molecule has 0 heterocycles. The number of nitrogens with zero attached hydrogens (tertiary/aromatic N) is 2. The van der Waals surface area contributed by atoms with Gasteiger partial charge in [0.15, 0.2) is 0 Å². The van der Waals surface area contributed by atoms with Crippen molar-refractivity contribution >= 4 is 24.2 Å². The minimum atomic E-state index is -0.995. The van der Waals surface area contributed by atoms with E-state index in [9.17, 15) is 9.90 Å². The van der Waals surface area contributed by atoms with Crippen molar-refractivity contribution in [3.63, 3.8) is 0 Å². The van der Waals surface area contributed by atoms with Crippen molar-refractivity contribution in [1.29, 1.82) is 0 Å². The van der Waals surface area contributed by atoms with Gasteiger partial charge in [-0.05, 0) is 20.3 Å². The van der Waals surface area contributed by atoms with Crippen molar-refractivity contribution in [3.8, 4) is 0 Å². The highest BCUT2D eigenvalue weighted by molar-refractivity contribution is 6.35. The van der Waals surface area contributed by atoms with Crippen molar-refractivity contribution in [2.24, 2.45) is 5.10 Å². The van der Waals surface area contributed by atoms with Crippen LogP contribution in [-0.2, 0) is 4.79 Å². The van der Waals surface area contributed by atoms with E-state index in [1.165, 1.54) is 0 Å². The van der Waals surface area contributed by atoms with Crippen LogP contribution in [0.5, 0.6) is 0 Å². The van der Waals surface area contributed by atoms with Crippen molar-refractivity contribution in [2.75, 3.05) is 0 Å². The summed E-state index contributed by atoms with van der Waals surface area (Å²) in [5.41, 5.74) is -0.549. The van der Waals surface area contributed by atoms with E-state index in [0.29, 0.717) is 12.1 Å². The maximum absolute atomic E-state index is 12.1. The fourth-order valence-corrected chi connectivity index (χ4v) is 1.65. The summed E-state index contributed by atoms with van der Waals surface area (Å²) in [5, 5.41) is 14.6. The number of amides is 1. The lowest BCUT2D eigenvalue weighted by Crippen LogP contribution is -2.30. The van der Waals surface area contributed by atoms with E-state index in [1.807, 2.05) is 6.92 Å². The molecule has 0 aromatic carbocycles. The second-order valence-corrected chi connectivity index (χ2v) is 5.16. The molecule has 19 heavy (non-hydrogen) atoms. The number of carbonyl (C=O) groups is 1. The monoisotopic (exact) mass is 284 g/mol. The molecule has 0 aliphatic heterocycles. The van der Waals surface area contributed by atoms with Crippen molar-refractivity contribution in [1.82, 2.24) is 5.01 Å². The Bertz CT molecular complexity index is 420. The van der Waals surface area contributed by atoms with Crippen LogP contribution in [0, 0.1) is 0 Å². The van der Waals surface area contributed by atoms with Gasteiger partial charge in [0.25, 0.3) is 5.91 Å². The van der Waals surface area contributed by atoms with Crippen LogP contribution in [0.1, 0.15) is 33.6 Å². The van der Waals surface area contributed by atoms with Crippen molar-refractivity contribution in [3.05, 3.63) is 35.5 Å². The van der Waals surface area contributed by atoms with E-state index in [1.54, 1.807) is 19.9 Å². The molecule has 0 aliphatic rings. The number of rotatable bonds is 7. The quantitative estimate of drug-likeness (QED) is 0.338. The number of hydrogen-bond acceptors (Lipinski definition) is 3. The summed E-state index contributed by atoms with van der Waals surface area (Å²) in [5.74, 6) is -0.501.